The second-order valence-corrected chi connectivity index (χ2v) is 5.85. The van der Waals surface area contributed by atoms with Crippen molar-refractivity contribution < 1.29 is 14.6 Å². The summed E-state index contributed by atoms with van der Waals surface area (Å²) in [5.41, 5.74) is 0. The van der Waals surface area contributed by atoms with E-state index in [9.17, 15) is 5.11 Å². The summed E-state index contributed by atoms with van der Waals surface area (Å²) in [6, 6.07) is 6.00. The molecule has 2 N–H and O–H groups in total. The molecule has 4 nitrogen and oxygen atoms in total. The summed E-state index contributed by atoms with van der Waals surface area (Å²) < 4.78 is 11.3. The van der Waals surface area contributed by atoms with E-state index in [-0.39, 0.29) is 11.4 Å². The van der Waals surface area contributed by atoms with Crippen LogP contribution in [-0.4, -0.2) is 42.8 Å². The first-order valence-electron chi connectivity index (χ1n) is 6.28. The number of rotatable bonds is 2. The Morgan fingerprint density at radius 1 is 1.17 bits per heavy atom. The summed E-state index contributed by atoms with van der Waals surface area (Å²) in [6.07, 6.45) is 0.647. The molecule has 0 amide bonds. The number of thioether (sulfide) groups is 1. The van der Waals surface area contributed by atoms with Crippen molar-refractivity contribution in [2.24, 2.45) is 0 Å². The molecular weight excluding hydrogens is 250 g/mol. The van der Waals surface area contributed by atoms with Crippen molar-refractivity contribution >= 4 is 11.8 Å². The number of ether oxygens (including phenoxy) is 2. The summed E-state index contributed by atoms with van der Waals surface area (Å²) in [5, 5.41) is 13.2. The first-order chi connectivity index (χ1) is 8.83. The molecule has 1 saturated heterocycles. The molecule has 2 aliphatic rings. The molecule has 0 bridgehead atoms. The molecule has 2 heterocycles. The molecule has 0 saturated carbocycles. The summed E-state index contributed by atoms with van der Waals surface area (Å²) in [5.74, 6) is 1.64. The number of β-amino-alcohol motifs (C(OH)–C–C–N with tert-alkyl or cyclic N) is 1. The maximum absolute atomic E-state index is 9.79. The Balaban J connectivity index is 1.75. The van der Waals surface area contributed by atoms with Crippen LogP contribution in [0.1, 0.15) is 6.42 Å². The van der Waals surface area contributed by atoms with Gasteiger partial charge in [0.05, 0.1) is 19.3 Å². The van der Waals surface area contributed by atoms with Crippen LogP contribution in [0.5, 0.6) is 11.5 Å². The molecule has 1 aromatic rings. The van der Waals surface area contributed by atoms with Gasteiger partial charge in [0.2, 0.25) is 0 Å². The van der Waals surface area contributed by atoms with Gasteiger partial charge < -0.3 is 19.9 Å². The lowest BCUT2D eigenvalue weighted by molar-refractivity contribution is 0.201. The van der Waals surface area contributed by atoms with Crippen molar-refractivity contribution in [2.75, 3.05) is 26.3 Å². The van der Waals surface area contributed by atoms with Crippen molar-refractivity contribution in [2.45, 2.75) is 22.7 Å². The van der Waals surface area contributed by atoms with E-state index in [0.717, 1.165) is 29.4 Å². The van der Waals surface area contributed by atoms with Gasteiger partial charge in [-0.15, -0.1) is 11.8 Å². The highest BCUT2D eigenvalue weighted by molar-refractivity contribution is 8.00. The van der Waals surface area contributed by atoms with E-state index in [1.165, 1.54) is 0 Å². The molecule has 0 aliphatic carbocycles. The maximum Gasteiger partial charge on any atom is 0.162 e. The monoisotopic (exact) mass is 267 g/mol. The number of aliphatic hydroxyl groups excluding tert-OH is 1. The Kier molecular flexibility index (Phi) is 3.63. The third kappa shape index (κ3) is 2.58. The largest absolute Gasteiger partial charge is 0.490 e. The Labute approximate surface area is 111 Å². The molecule has 1 aromatic carbocycles. The van der Waals surface area contributed by atoms with Gasteiger partial charge in [-0.25, -0.2) is 0 Å². The fourth-order valence-corrected chi connectivity index (χ4v) is 3.28. The fraction of sp³-hybridized carbons (Fsp3) is 0.538. The average molecular weight is 267 g/mol. The van der Waals surface area contributed by atoms with Crippen LogP contribution in [0.2, 0.25) is 0 Å². The third-order valence-corrected chi connectivity index (χ3v) is 4.44. The Morgan fingerprint density at radius 3 is 2.78 bits per heavy atom. The molecular formula is C13H17NO3S. The molecule has 0 spiro atoms. The van der Waals surface area contributed by atoms with Crippen LogP contribution in [-0.2, 0) is 0 Å². The highest BCUT2D eigenvalue weighted by Crippen LogP contribution is 2.36. The number of fused-ring (bicyclic) bond motifs is 1. The first-order valence-corrected chi connectivity index (χ1v) is 7.16. The Bertz CT molecular complexity index is 427. The van der Waals surface area contributed by atoms with Crippen LogP contribution in [0.25, 0.3) is 0 Å². The Morgan fingerprint density at radius 2 is 2.00 bits per heavy atom. The molecule has 5 heteroatoms. The number of hydrogen-bond donors (Lipinski definition) is 2. The summed E-state index contributed by atoms with van der Waals surface area (Å²) in [4.78, 5) is 1.12. The van der Waals surface area contributed by atoms with Gasteiger partial charge in [-0.2, -0.15) is 0 Å². The summed E-state index contributed by atoms with van der Waals surface area (Å²) in [6.45, 7) is 2.95. The second-order valence-electron chi connectivity index (χ2n) is 4.54. The van der Waals surface area contributed by atoms with Gasteiger partial charge in [0.15, 0.2) is 11.5 Å². The van der Waals surface area contributed by atoms with Gasteiger partial charge in [0.25, 0.3) is 0 Å². The van der Waals surface area contributed by atoms with E-state index in [2.05, 4.69) is 5.32 Å². The zero-order valence-corrected chi connectivity index (χ0v) is 10.9. The lowest BCUT2D eigenvalue weighted by Crippen LogP contribution is -2.19. The average Bonchev–Trinajstić information content (AvgIpc) is 2.65. The van der Waals surface area contributed by atoms with Crippen LogP contribution in [0.15, 0.2) is 23.1 Å². The van der Waals surface area contributed by atoms with Crippen molar-refractivity contribution in [3.8, 4) is 11.5 Å². The van der Waals surface area contributed by atoms with Crippen molar-refractivity contribution in [3.05, 3.63) is 18.2 Å². The summed E-state index contributed by atoms with van der Waals surface area (Å²) in [7, 11) is 0. The minimum absolute atomic E-state index is 0.217. The molecule has 1 fully saturated rings. The standard InChI is InChI=1S/C13H17NO3S/c15-10-7-14-8-13(10)18-9-2-3-11-12(6-9)17-5-1-4-16-11/h2-3,6,10,13-15H,1,4-5,7-8H2/t10-,13-/m0/s1. The highest BCUT2D eigenvalue weighted by atomic mass is 32.2. The van der Waals surface area contributed by atoms with Gasteiger partial charge in [-0.05, 0) is 18.2 Å². The van der Waals surface area contributed by atoms with Gasteiger partial charge in [-0.1, -0.05) is 0 Å². The van der Waals surface area contributed by atoms with Crippen LogP contribution in [0.3, 0.4) is 0 Å². The molecule has 18 heavy (non-hydrogen) atoms. The van der Waals surface area contributed by atoms with Crippen LogP contribution >= 0.6 is 11.8 Å². The van der Waals surface area contributed by atoms with Gasteiger partial charge in [0.1, 0.15) is 0 Å². The van der Waals surface area contributed by atoms with E-state index in [1.54, 1.807) is 11.8 Å². The topological polar surface area (TPSA) is 50.7 Å². The molecule has 0 unspecified atom stereocenters. The Hall–Kier alpha value is -0.910. The molecule has 2 aliphatic heterocycles. The molecule has 0 radical (unpaired) electrons. The predicted molar refractivity (Wildman–Crippen MR) is 70.6 cm³/mol. The molecule has 0 aromatic heterocycles. The molecule has 3 rings (SSSR count). The number of benzene rings is 1. The van der Waals surface area contributed by atoms with Crippen LogP contribution in [0, 0.1) is 0 Å². The second kappa shape index (κ2) is 5.38. The SMILES string of the molecule is O[C@H]1CNC[C@@H]1Sc1ccc2c(c1)OCCCO2. The third-order valence-electron chi connectivity index (χ3n) is 3.13. The van der Waals surface area contributed by atoms with Crippen molar-refractivity contribution in [1.82, 2.24) is 5.32 Å². The van der Waals surface area contributed by atoms with E-state index in [4.69, 9.17) is 9.47 Å². The van der Waals surface area contributed by atoms with E-state index < -0.39 is 0 Å². The molecule has 2 atom stereocenters. The van der Waals surface area contributed by atoms with E-state index in [1.807, 2.05) is 18.2 Å². The lowest BCUT2D eigenvalue weighted by Gasteiger charge is -2.14. The lowest BCUT2D eigenvalue weighted by atomic mass is 10.3. The fourth-order valence-electron chi connectivity index (χ4n) is 2.15. The van der Waals surface area contributed by atoms with Crippen LogP contribution < -0.4 is 14.8 Å². The number of hydrogen-bond acceptors (Lipinski definition) is 5. The van der Waals surface area contributed by atoms with Crippen LogP contribution in [0.4, 0.5) is 0 Å². The zero-order chi connectivity index (χ0) is 12.4. The first kappa shape index (κ1) is 12.1. The normalized spacial score (nSPS) is 26.9. The van der Waals surface area contributed by atoms with Gasteiger partial charge >= 0.3 is 0 Å². The number of aliphatic hydroxyl groups is 1. The van der Waals surface area contributed by atoms with Gasteiger partial charge in [0, 0.05) is 29.7 Å². The minimum atomic E-state index is -0.272. The molecule has 98 valence electrons. The smallest absolute Gasteiger partial charge is 0.162 e. The zero-order valence-electron chi connectivity index (χ0n) is 10.1. The van der Waals surface area contributed by atoms with E-state index in [0.29, 0.717) is 19.8 Å². The van der Waals surface area contributed by atoms with Crippen molar-refractivity contribution in [1.29, 1.82) is 0 Å². The van der Waals surface area contributed by atoms with E-state index >= 15 is 0 Å². The number of nitrogens with one attached hydrogen (secondary N) is 1. The minimum Gasteiger partial charge on any atom is -0.490 e. The highest BCUT2D eigenvalue weighted by Gasteiger charge is 2.26. The summed E-state index contributed by atoms with van der Waals surface area (Å²) >= 11 is 1.69. The van der Waals surface area contributed by atoms with Gasteiger partial charge in [-0.3, -0.25) is 0 Å². The predicted octanol–water partition coefficient (Wildman–Crippen LogP) is 1.27. The van der Waals surface area contributed by atoms with Crippen molar-refractivity contribution in [3.63, 3.8) is 0 Å². The maximum atomic E-state index is 9.79. The quantitative estimate of drug-likeness (QED) is 0.845.